The van der Waals surface area contributed by atoms with E-state index in [0.29, 0.717) is 5.56 Å². The Bertz CT molecular complexity index is 756. The van der Waals surface area contributed by atoms with Crippen LogP contribution in [0.25, 0.3) is 0 Å². The van der Waals surface area contributed by atoms with Gasteiger partial charge in [-0.1, -0.05) is 12.1 Å². The molecule has 24 heavy (non-hydrogen) atoms. The normalized spacial score (nSPS) is 20.2. The second-order valence-corrected chi connectivity index (χ2v) is 5.37. The first-order valence-corrected chi connectivity index (χ1v) is 6.99. The molecule has 0 saturated heterocycles. The minimum Gasteiger partial charge on any atom is -0.363 e. The molecule has 1 aliphatic heterocycles. The number of fused-ring (bicyclic) bond motifs is 1. The van der Waals surface area contributed by atoms with E-state index in [2.05, 4.69) is 10.4 Å². The summed E-state index contributed by atoms with van der Waals surface area (Å²) in [6.07, 6.45) is -4.90. The number of rotatable bonds is 2. The van der Waals surface area contributed by atoms with E-state index in [4.69, 9.17) is 5.84 Å². The molecule has 1 amide bonds. The Labute approximate surface area is 133 Å². The van der Waals surface area contributed by atoms with E-state index >= 15 is 0 Å². The Morgan fingerprint density at radius 2 is 2.00 bits per heavy atom. The van der Waals surface area contributed by atoms with Gasteiger partial charge in [-0.25, -0.2) is 14.9 Å². The molecule has 2 aromatic rings. The van der Waals surface area contributed by atoms with Gasteiger partial charge in [0.25, 0.3) is 5.91 Å². The van der Waals surface area contributed by atoms with E-state index in [1.165, 1.54) is 30.3 Å². The van der Waals surface area contributed by atoms with Crippen LogP contribution in [0.4, 0.5) is 23.4 Å². The van der Waals surface area contributed by atoms with Crippen LogP contribution in [0.15, 0.2) is 30.3 Å². The molecule has 128 valence electrons. The first-order valence-electron chi connectivity index (χ1n) is 6.99. The number of benzene rings is 1. The molecule has 0 bridgehead atoms. The topological polar surface area (TPSA) is 85.0 Å². The van der Waals surface area contributed by atoms with Crippen molar-refractivity contribution >= 4 is 11.7 Å². The number of anilines is 1. The molecule has 1 aromatic carbocycles. The van der Waals surface area contributed by atoms with Gasteiger partial charge in [0.05, 0.1) is 6.04 Å². The van der Waals surface area contributed by atoms with Gasteiger partial charge in [-0.05, 0) is 17.7 Å². The number of nitrogens with two attached hydrogens (primary N) is 1. The number of carbonyl (C=O) groups excluding carboxylic acids is 1. The van der Waals surface area contributed by atoms with Gasteiger partial charge in [0.2, 0.25) is 0 Å². The van der Waals surface area contributed by atoms with Crippen molar-refractivity contribution in [2.75, 3.05) is 5.32 Å². The summed E-state index contributed by atoms with van der Waals surface area (Å²) in [6.45, 7) is 0. The second kappa shape index (κ2) is 5.78. The average molecular weight is 343 g/mol. The van der Waals surface area contributed by atoms with Crippen molar-refractivity contribution in [3.05, 3.63) is 47.4 Å². The summed E-state index contributed by atoms with van der Waals surface area (Å²) in [6, 6.07) is 3.77. The molecule has 2 heterocycles. The third kappa shape index (κ3) is 2.92. The lowest BCUT2D eigenvalue weighted by molar-refractivity contribution is -0.173. The molecule has 0 radical (unpaired) electrons. The van der Waals surface area contributed by atoms with Gasteiger partial charge in [-0.3, -0.25) is 10.2 Å². The molecule has 1 aliphatic rings. The third-order valence-corrected chi connectivity index (χ3v) is 3.83. The lowest BCUT2D eigenvalue weighted by Crippen LogP contribution is -2.36. The fourth-order valence-corrected chi connectivity index (χ4v) is 2.67. The maximum atomic E-state index is 13.4. The molecule has 6 nitrogen and oxygen atoms in total. The van der Waals surface area contributed by atoms with Gasteiger partial charge < -0.3 is 5.32 Å². The summed E-state index contributed by atoms with van der Waals surface area (Å²) in [4.78, 5) is 11.5. The number of nitrogens with zero attached hydrogens (tertiary/aromatic N) is 2. The van der Waals surface area contributed by atoms with Crippen molar-refractivity contribution in [3.8, 4) is 0 Å². The first-order chi connectivity index (χ1) is 11.3. The minimum absolute atomic E-state index is 0.0384. The summed E-state index contributed by atoms with van der Waals surface area (Å²) in [7, 11) is 0. The van der Waals surface area contributed by atoms with Gasteiger partial charge >= 0.3 is 6.18 Å². The van der Waals surface area contributed by atoms with E-state index in [9.17, 15) is 22.4 Å². The van der Waals surface area contributed by atoms with Crippen molar-refractivity contribution in [1.82, 2.24) is 15.2 Å². The third-order valence-electron chi connectivity index (χ3n) is 3.83. The number of amides is 1. The number of nitrogen functional groups attached to an aromatic ring is 1. The van der Waals surface area contributed by atoms with Crippen molar-refractivity contribution < 1.29 is 22.4 Å². The number of halogens is 4. The highest BCUT2D eigenvalue weighted by Gasteiger charge is 2.46. The molecular formula is C14H13F4N5O. The summed E-state index contributed by atoms with van der Waals surface area (Å²) in [5.41, 5.74) is 2.10. The van der Waals surface area contributed by atoms with Crippen LogP contribution < -0.4 is 16.6 Å². The highest BCUT2D eigenvalue weighted by atomic mass is 19.4. The number of carbonyl (C=O) groups is 1. The van der Waals surface area contributed by atoms with Crippen molar-refractivity contribution in [2.24, 2.45) is 5.84 Å². The van der Waals surface area contributed by atoms with Crippen molar-refractivity contribution in [3.63, 3.8) is 0 Å². The lowest BCUT2D eigenvalue weighted by Gasteiger charge is -2.33. The molecule has 10 heteroatoms. The average Bonchev–Trinajstić information content (AvgIpc) is 2.96. The lowest BCUT2D eigenvalue weighted by atomic mass is 9.97. The number of nitrogens with one attached hydrogen (secondary N) is 2. The number of aromatic nitrogens is 2. The van der Waals surface area contributed by atoms with Gasteiger partial charge in [-0.2, -0.15) is 18.3 Å². The second-order valence-electron chi connectivity index (χ2n) is 5.37. The van der Waals surface area contributed by atoms with Gasteiger partial charge in [0, 0.05) is 12.5 Å². The summed E-state index contributed by atoms with van der Waals surface area (Å²) < 4.78 is 53.9. The molecule has 0 fully saturated rings. The van der Waals surface area contributed by atoms with Crippen LogP contribution in [0.1, 0.15) is 34.6 Å². The SMILES string of the molecule is NNC(=O)c1cc2n(n1)[C@H](C(F)(F)F)C[C@H](c1ccc(F)cc1)N2. The smallest absolute Gasteiger partial charge is 0.363 e. The highest BCUT2D eigenvalue weighted by Crippen LogP contribution is 2.43. The number of hydrogen-bond donors (Lipinski definition) is 3. The minimum atomic E-state index is -4.56. The molecule has 3 rings (SSSR count). The summed E-state index contributed by atoms with van der Waals surface area (Å²) in [5.74, 6) is 3.75. The maximum absolute atomic E-state index is 13.4. The molecule has 4 N–H and O–H groups in total. The number of hydrazine groups is 1. The van der Waals surface area contributed by atoms with Gasteiger partial charge in [0.15, 0.2) is 11.7 Å². The Balaban J connectivity index is 2.00. The van der Waals surface area contributed by atoms with Crippen LogP contribution in [0, 0.1) is 5.82 Å². The zero-order chi connectivity index (χ0) is 17.5. The quantitative estimate of drug-likeness (QED) is 0.338. The van der Waals surface area contributed by atoms with E-state index < -0.39 is 30.0 Å². The van der Waals surface area contributed by atoms with Crippen LogP contribution in [0.2, 0.25) is 0 Å². The fraction of sp³-hybridized carbons (Fsp3) is 0.286. The molecule has 0 saturated carbocycles. The zero-order valence-corrected chi connectivity index (χ0v) is 12.1. The fourth-order valence-electron chi connectivity index (χ4n) is 2.67. The van der Waals surface area contributed by atoms with Gasteiger partial charge in [-0.15, -0.1) is 0 Å². The van der Waals surface area contributed by atoms with E-state index in [1.54, 1.807) is 0 Å². The summed E-state index contributed by atoms with van der Waals surface area (Å²) in [5, 5.41) is 6.59. The van der Waals surface area contributed by atoms with Crippen LogP contribution >= 0.6 is 0 Å². The first kappa shape index (κ1) is 16.2. The standard InChI is InChI=1S/C14H13F4N5O/c15-8-3-1-7(2-4-8)9-5-11(14(16,17)18)23-12(20-9)6-10(22-23)13(24)21-19/h1-4,6,9,11,20H,5,19H2,(H,21,24)/t9-,11+/m1/s1. The van der Waals surface area contributed by atoms with Crippen LogP contribution in [0.3, 0.4) is 0 Å². The van der Waals surface area contributed by atoms with Crippen molar-refractivity contribution in [1.29, 1.82) is 0 Å². The number of alkyl halides is 3. The Morgan fingerprint density at radius 3 is 2.58 bits per heavy atom. The Kier molecular flexibility index (Phi) is 3.91. The highest BCUT2D eigenvalue weighted by molar-refractivity contribution is 5.92. The monoisotopic (exact) mass is 343 g/mol. The summed E-state index contributed by atoms with van der Waals surface area (Å²) >= 11 is 0. The molecule has 0 unspecified atom stereocenters. The van der Waals surface area contributed by atoms with Gasteiger partial charge in [0.1, 0.15) is 11.6 Å². The zero-order valence-electron chi connectivity index (χ0n) is 12.1. The van der Waals surface area contributed by atoms with Crippen LogP contribution in [0.5, 0.6) is 0 Å². The van der Waals surface area contributed by atoms with Crippen LogP contribution in [-0.2, 0) is 0 Å². The Morgan fingerprint density at radius 1 is 1.33 bits per heavy atom. The maximum Gasteiger partial charge on any atom is 0.410 e. The predicted octanol–water partition coefficient (Wildman–Crippen LogP) is 2.29. The molecule has 0 spiro atoms. The van der Waals surface area contributed by atoms with Crippen molar-refractivity contribution in [2.45, 2.75) is 24.7 Å². The van der Waals surface area contributed by atoms with E-state index in [0.717, 1.165) is 4.68 Å². The predicted molar refractivity (Wildman–Crippen MR) is 76.4 cm³/mol. The molecule has 1 aromatic heterocycles. The van der Waals surface area contributed by atoms with E-state index in [-0.39, 0.29) is 17.9 Å². The van der Waals surface area contributed by atoms with Crippen LogP contribution in [-0.4, -0.2) is 21.9 Å². The molecule has 0 aliphatic carbocycles. The molecule has 2 atom stereocenters. The Hall–Kier alpha value is -2.62. The molecular weight excluding hydrogens is 330 g/mol. The number of hydrogen-bond acceptors (Lipinski definition) is 4. The largest absolute Gasteiger partial charge is 0.410 e. The van der Waals surface area contributed by atoms with E-state index in [1.807, 2.05) is 5.43 Å².